The monoisotopic (exact) mass is 461 g/mol. The van der Waals surface area contributed by atoms with Crippen molar-refractivity contribution in [3.63, 3.8) is 0 Å². The summed E-state index contributed by atoms with van der Waals surface area (Å²) in [5, 5.41) is 5.77. The molecule has 0 bridgehead atoms. The summed E-state index contributed by atoms with van der Waals surface area (Å²) in [6.45, 7) is 4.11. The maximum absolute atomic E-state index is 11.7. The lowest BCUT2D eigenvalue weighted by Crippen LogP contribution is -2.27. The molecular weight excluding hydrogens is 434 g/mol. The van der Waals surface area contributed by atoms with Crippen LogP contribution in [0.25, 0.3) is 11.3 Å². The molecule has 4 N–H and O–H groups in total. The van der Waals surface area contributed by atoms with Crippen LogP contribution in [-0.2, 0) is 4.79 Å². The Morgan fingerprint density at radius 2 is 2.09 bits per heavy atom. The molecule has 1 aliphatic heterocycles. The Morgan fingerprint density at radius 1 is 1.21 bits per heavy atom. The highest BCUT2D eigenvalue weighted by Gasteiger charge is 2.19. The third kappa shape index (κ3) is 5.77. The second kappa shape index (κ2) is 10.6. The van der Waals surface area contributed by atoms with E-state index in [1.807, 2.05) is 24.0 Å². The quantitative estimate of drug-likeness (QED) is 0.415. The Kier molecular flexibility index (Phi) is 7.16. The molecule has 1 fully saturated rings. The molecule has 0 aliphatic carbocycles. The number of nitrogens with two attached hydrogens (primary N) is 1. The largest absolute Gasteiger partial charge is 0.438 e. The number of hydrogen-bond acceptors (Lipinski definition) is 7. The summed E-state index contributed by atoms with van der Waals surface area (Å²) >= 11 is 0. The fraction of sp³-hybridized carbons (Fsp3) is 0.292. The lowest BCUT2D eigenvalue weighted by molar-refractivity contribution is -0.127. The second-order valence-electron chi connectivity index (χ2n) is 7.96. The van der Waals surface area contributed by atoms with E-state index in [-0.39, 0.29) is 5.91 Å². The van der Waals surface area contributed by atoms with Gasteiger partial charge in [0, 0.05) is 44.1 Å². The molecule has 10 nitrogen and oxygen atoms in total. The van der Waals surface area contributed by atoms with Crippen molar-refractivity contribution in [2.45, 2.75) is 26.2 Å². The van der Waals surface area contributed by atoms with Gasteiger partial charge >= 0.3 is 6.03 Å². The third-order valence-electron chi connectivity index (χ3n) is 5.41. The van der Waals surface area contributed by atoms with Crippen LogP contribution in [-0.4, -0.2) is 51.4 Å². The average Bonchev–Trinajstić information content (AvgIpc) is 3.23. The van der Waals surface area contributed by atoms with Crippen LogP contribution in [0.3, 0.4) is 0 Å². The number of benzene rings is 1. The molecular formula is C24H27N7O3. The van der Waals surface area contributed by atoms with Gasteiger partial charge in [0.2, 0.25) is 17.7 Å². The molecule has 1 aliphatic rings. The van der Waals surface area contributed by atoms with Gasteiger partial charge in [-0.25, -0.2) is 19.7 Å². The zero-order valence-electron chi connectivity index (χ0n) is 19.0. The van der Waals surface area contributed by atoms with E-state index in [2.05, 4.69) is 25.6 Å². The predicted octanol–water partition coefficient (Wildman–Crippen LogP) is 3.55. The van der Waals surface area contributed by atoms with Gasteiger partial charge in [0.05, 0.1) is 11.3 Å². The van der Waals surface area contributed by atoms with Gasteiger partial charge in [-0.05, 0) is 61.7 Å². The summed E-state index contributed by atoms with van der Waals surface area (Å²) in [4.78, 5) is 38.0. The van der Waals surface area contributed by atoms with Crippen molar-refractivity contribution in [1.29, 1.82) is 0 Å². The lowest BCUT2D eigenvalue weighted by Gasteiger charge is -2.15. The van der Waals surface area contributed by atoms with Crippen LogP contribution < -0.4 is 21.1 Å². The van der Waals surface area contributed by atoms with Gasteiger partial charge in [-0.1, -0.05) is 0 Å². The number of carbonyl (C=O) groups is 2. The zero-order chi connectivity index (χ0) is 23.9. The van der Waals surface area contributed by atoms with Crippen molar-refractivity contribution >= 4 is 23.6 Å². The van der Waals surface area contributed by atoms with Crippen LogP contribution in [0.15, 0.2) is 48.8 Å². The average molecular weight is 462 g/mol. The maximum atomic E-state index is 11.7. The van der Waals surface area contributed by atoms with E-state index in [1.165, 1.54) is 0 Å². The molecule has 176 valence electrons. The van der Waals surface area contributed by atoms with Crippen molar-refractivity contribution < 1.29 is 14.3 Å². The van der Waals surface area contributed by atoms with Crippen LogP contribution in [0.2, 0.25) is 0 Å². The van der Waals surface area contributed by atoms with E-state index < -0.39 is 6.03 Å². The number of carbonyl (C=O) groups excluding carboxylic acids is 2. The first-order valence-electron chi connectivity index (χ1n) is 11.1. The molecule has 0 spiro atoms. The summed E-state index contributed by atoms with van der Waals surface area (Å²) in [7, 11) is 0. The smallest absolute Gasteiger partial charge is 0.316 e. The number of hydrogen-bond donors (Lipinski definition) is 3. The normalized spacial score (nSPS) is 13.1. The van der Waals surface area contributed by atoms with Crippen molar-refractivity contribution in [2.24, 2.45) is 5.73 Å². The maximum Gasteiger partial charge on any atom is 0.316 e. The molecule has 10 heteroatoms. The van der Waals surface area contributed by atoms with E-state index in [0.717, 1.165) is 31.5 Å². The lowest BCUT2D eigenvalue weighted by atomic mass is 10.2. The van der Waals surface area contributed by atoms with Gasteiger partial charge in [0.15, 0.2) is 0 Å². The van der Waals surface area contributed by atoms with Crippen LogP contribution >= 0.6 is 0 Å². The topological polar surface area (TPSA) is 135 Å². The number of nitrogens with zero attached hydrogens (tertiary/aromatic N) is 4. The van der Waals surface area contributed by atoms with Gasteiger partial charge in [0.25, 0.3) is 0 Å². The number of aryl methyl sites for hydroxylation is 1. The molecule has 0 unspecified atom stereocenters. The Bertz CT molecular complexity index is 1180. The van der Waals surface area contributed by atoms with Crippen molar-refractivity contribution in [3.8, 4) is 22.9 Å². The second-order valence-corrected chi connectivity index (χ2v) is 7.96. The van der Waals surface area contributed by atoms with Crippen LogP contribution in [0.1, 0.15) is 24.8 Å². The number of aromatic nitrogens is 3. The van der Waals surface area contributed by atoms with Crippen molar-refractivity contribution in [2.75, 3.05) is 30.3 Å². The first kappa shape index (κ1) is 23.0. The number of likely N-dealkylation sites (tertiary alicyclic amines) is 1. The highest BCUT2D eigenvalue weighted by atomic mass is 16.5. The number of pyridine rings is 1. The molecule has 2 aromatic heterocycles. The van der Waals surface area contributed by atoms with Crippen LogP contribution in [0.5, 0.6) is 11.6 Å². The Labute approximate surface area is 197 Å². The number of nitrogens with one attached hydrogen (secondary N) is 2. The molecule has 4 rings (SSSR count). The molecule has 0 saturated carbocycles. The first-order chi connectivity index (χ1) is 16.5. The predicted molar refractivity (Wildman–Crippen MR) is 129 cm³/mol. The van der Waals surface area contributed by atoms with Crippen LogP contribution in [0, 0.1) is 6.92 Å². The Morgan fingerprint density at radius 3 is 2.85 bits per heavy atom. The highest BCUT2D eigenvalue weighted by Crippen LogP contribution is 2.32. The van der Waals surface area contributed by atoms with Gasteiger partial charge in [-0.2, -0.15) is 0 Å². The fourth-order valence-electron chi connectivity index (χ4n) is 3.76. The first-order valence-corrected chi connectivity index (χ1v) is 11.1. The number of amides is 3. The standard InChI is InChI=1S/C24H27N7O3/c1-16-15-17(29-23(25)33)7-8-20(16)34-22-18(5-2-10-26-22)19-9-12-28-24(30-19)27-11-4-14-31-13-3-6-21(31)32/h2,5,7-10,12,15H,3-4,6,11,13-14H2,1H3,(H3,25,29,33)(H,27,28,30). The van der Waals surface area contributed by atoms with Crippen LogP contribution in [0.4, 0.5) is 16.4 Å². The fourth-order valence-corrected chi connectivity index (χ4v) is 3.76. The molecule has 3 heterocycles. The molecule has 0 radical (unpaired) electrons. The van der Waals surface area contributed by atoms with Gasteiger partial charge in [0.1, 0.15) is 5.75 Å². The van der Waals surface area contributed by atoms with E-state index in [0.29, 0.717) is 47.5 Å². The minimum Gasteiger partial charge on any atom is -0.438 e. The Balaban J connectivity index is 1.44. The third-order valence-corrected chi connectivity index (χ3v) is 5.41. The summed E-state index contributed by atoms with van der Waals surface area (Å²) in [5.74, 6) is 1.73. The van der Waals surface area contributed by atoms with E-state index in [1.54, 1.807) is 36.7 Å². The summed E-state index contributed by atoms with van der Waals surface area (Å²) in [6, 6.07) is 10.1. The summed E-state index contributed by atoms with van der Waals surface area (Å²) < 4.78 is 6.09. The molecule has 3 aromatic rings. The van der Waals surface area contributed by atoms with E-state index >= 15 is 0 Å². The Hall–Kier alpha value is -4.21. The number of urea groups is 1. The van der Waals surface area contributed by atoms with Crippen molar-refractivity contribution in [3.05, 3.63) is 54.4 Å². The van der Waals surface area contributed by atoms with Crippen molar-refractivity contribution in [1.82, 2.24) is 19.9 Å². The molecule has 1 aromatic carbocycles. The molecule has 0 atom stereocenters. The molecule has 3 amide bonds. The molecule has 1 saturated heterocycles. The zero-order valence-corrected chi connectivity index (χ0v) is 19.0. The minimum atomic E-state index is -0.627. The number of ether oxygens (including phenoxy) is 1. The number of anilines is 2. The van der Waals surface area contributed by atoms with Gasteiger partial charge in [-0.3, -0.25) is 4.79 Å². The summed E-state index contributed by atoms with van der Waals surface area (Å²) in [6.07, 6.45) is 5.75. The van der Waals surface area contributed by atoms with Gasteiger partial charge in [-0.15, -0.1) is 0 Å². The minimum absolute atomic E-state index is 0.233. The van der Waals surface area contributed by atoms with Gasteiger partial charge < -0.3 is 26.0 Å². The van der Waals surface area contributed by atoms with E-state index in [9.17, 15) is 9.59 Å². The SMILES string of the molecule is Cc1cc(NC(N)=O)ccc1Oc1ncccc1-c1ccnc(NCCCN2CCCC2=O)n1. The number of primary amides is 1. The molecule has 34 heavy (non-hydrogen) atoms. The highest BCUT2D eigenvalue weighted by molar-refractivity contribution is 5.88. The van der Waals surface area contributed by atoms with E-state index in [4.69, 9.17) is 10.5 Å². The number of rotatable bonds is 9. The summed E-state index contributed by atoms with van der Waals surface area (Å²) in [5.41, 5.74) is 7.96.